The molecule has 1 aromatic rings. The number of nitriles is 1. The van der Waals surface area contributed by atoms with Crippen molar-refractivity contribution in [3.63, 3.8) is 0 Å². The van der Waals surface area contributed by atoms with E-state index in [0.29, 0.717) is 12.0 Å². The lowest BCUT2D eigenvalue weighted by Crippen LogP contribution is -2.48. The second-order valence-corrected chi connectivity index (χ2v) is 10.3. The van der Waals surface area contributed by atoms with Crippen molar-refractivity contribution in [2.24, 2.45) is 5.92 Å². The van der Waals surface area contributed by atoms with Crippen molar-refractivity contribution in [3.05, 3.63) is 42.0 Å². The fourth-order valence-electron chi connectivity index (χ4n) is 3.13. The van der Waals surface area contributed by atoms with Crippen LogP contribution in [0.25, 0.3) is 0 Å². The lowest BCUT2D eigenvalue weighted by atomic mass is 10.1. The average Bonchev–Trinajstić information content (AvgIpc) is 2.92. The Labute approximate surface area is 120 Å². The van der Waals surface area contributed by atoms with E-state index < -0.39 is 8.07 Å². The van der Waals surface area contributed by atoms with Crippen LogP contribution < -0.4 is 5.19 Å². The number of carbonyl (C=O) groups excluding carboxylic acids is 1. The maximum absolute atomic E-state index is 12.0. The Morgan fingerprint density at radius 1 is 1.35 bits per heavy atom. The van der Waals surface area contributed by atoms with E-state index in [0.717, 1.165) is 0 Å². The highest BCUT2D eigenvalue weighted by molar-refractivity contribution is 6.91. The number of rotatable bonds is 3. The summed E-state index contributed by atoms with van der Waals surface area (Å²) in [4.78, 5) is 12.0. The van der Waals surface area contributed by atoms with Crippen molar-refractivity contribution in [1.29, 1.82) is 5.26 Å². The largest absolute Gasteiger partial charge is 0.466 e. The molecule has 0 amide bonds. The molecule has 0 aromatic heterocycles. The van der Waals surface area contributed by atoms with E-state index in [2.05, 4.69) is 31.3 Å². The zero-order chi connectivity index (χ0) is 14.8. The summed E-state index contributed by atoms with van der Waals surface area (Å²) < 4.78 is 4.89. The molecule has 0 bridgehead atoms. The Morgan fingerprint density at radius 2 is 2.00 bits per heavy atom. The van der Waals surface area contributed by atoms with Gasteiger partial charge in [0.1, 0.15) is 0 Å². The maximum Gasteiger partial charge on any atom is 0.333 e. The minimum atomic E-state index is -1.96. The van der Waals surface area contributed by atoms with E-state index in [1.807, 2.05) is 24.3 Å². The monoisotopic (exact) mass is 285 g/mol. The number of hydrogen-bond donors (Lipinski definition) is 0. The fourth-order valence-corrected chi connectivity index (χ4v) is 6.77. The minimum absolute atomic E-state index is 0.00218. The topological polar surface area (TPSA) is 50.1 Å². The van der Waals surface area contributed by atoms with Crippen LogP contribution >= 0.6 is 0 Å². The summed E-state index contributed by atoms with van der Waals surface area (Å²) in [5.41, 5.74) is 0.696. The van der Waals surface area contributed by atoms with Gasteiger partial charge in [0.25, 0.3) is 0 Å². The molecule has 20 heavy (non-hydrogen) atoms. The molecule has 0 aliphatic heterocycles. The molecule has 2 rings (SSSR count). The number of allylic oxidation sites excluding steroid dienone is 1. The van der Waals surface area contributed by atoms with Crippen LogP contribution in [0.4, 0.5) is 0 Å². The summed E-state index contributed by atoms with van der Waals surface area (Å²) in [5, 5.41) is 10.7. The molecule has 1 aliphatic rings. The first-order chi connectivity index (χ1) is 9.52. The average molecular weight is 285 g/mol. The van der Waals surface area contributed by atoms with Crippen molar-refractivity contribution in [3.8, 4) is 6.07 Å². The summed E-state index contributed by atoms with van der Waals surface area (Å²) in [5.74, 6) is -0.407. The molecule has 0 spiro atoms. The number of methoxy groups -OCH3 is 1. The predicted molar refractivity (Wildman–Crippen MR) is 81.1 cm³/mol. The van der Waals surface area contributed by atoms with E-state index in [4.69, 9.17) is 4.74 Å². The molecule has 0 saturated carbocycles. The highest BCUT2D eigenvalue weighted by atomic mass is 28.3. The van der Waals surface area contributed by atoms with Crippen LogP contribution in [0.1, 0.15) is 6.42 Å². The summed E-state index contributed by atoms with van der Waals surface area (Å²) in [6.07, 6.45) is 2.54. The molecule has 0 N–H and O–H groups in total. The van der Waals surface area contributed by atoms with Crippen LogP contribution in [-0.4, -0.2) is 21.2 Å². The molecule has 3 nitrogen and oxygen atoms in total. The van der Waals surface area contributed by atoms with Crippen LogP contribution in [0.3, 0.4) is 0 Å². The second kappa shape index (κ2) is 5.64. The molecule has 4 heteroatoms. The van der Waals surface area contributed by atoms with Gasteiger partial charge in [-0.3, -0.25) is 0 Å². The number of ether oxygens (including phenoxy) is 1. The van der Waals surface area contributed by atoms with Crippen molar-refractivity contribution in [1.82, 2.24) is 0 Å². The van der Waals surface area contributed by atoms with Gasteiger partial charge in [-0.15, -0.1) is 0 Å². The molecule has 0 radical (unpaired) electrons. The van der Waals surface area contributed by atoms with E-state index in [1.54, 1.807) is 0 Å². The highest BCUT2D eigenvalue weighted by Gasteiger charge is 2.46. The maximum atomic E-state index is 12.0. The first-order valence-electron chi connectivity index (χ1n) is 6.76. The van der Waals surface area contributed by atoms with E-state index in [1.165, 1.54) is 12.3 Å². The third-order valence-corrected chi connectivity index (χ3v) is 8.30. The fraction of sp³-hybridized carbons (Fsp3) is 0.375. The van der Waals surface area contributed by atoms with Gasteiger partial charge in [0.15, 0.2) is 0 Å². The first kappa shape index (κ1) is 14.5. The molecule has 104 valence electrons. The zero-order valence-electron chi connectivity index (χ0n) is 12.1. The van der Waals surface area contributed by atoms with Crippen LogP contribution in [-0.2, 0) is 9.53 Å². The summed E-state index contributed by atoms with van der Waals surface area (Å²) in [6, 6.07) is 12.6. The lowest BCUT2D eigenvalue weighted by molar-refractivity contribution is -0.136. The molecule has 1 aliphatic carbocycles. The Bertz CT molecular complexity index is 572. The molecule has 0 fully saturated rings. The van der Waals surface area contributed by atoms with Crippen molar-refractivity contribution in [2.75, 3.05) is 7.11 Å². The standard InChI is InChI=1S/C16H19NO2Si/c1-19-16(18)14-10-9-12(11-17)15(14)20(2,3)13-7-5-4-6-8-13/h4-8,10,12,15H,9H2,1-3H3. The lowest BCUT2D eigenvalue weighted by Gasteiger charge is -2.33. The Balaban J connectivity index is 2.44. The van der Waals surface area contributed by atoms with Gasteiger partial charge in [-0.05, 0) is 6.42 Å². The molecule has 0 heterocycles. The van der Waals surface area contributed by atoms with Gasteiger partial charge in [-0.25, -0.2) is 4.79 Å². The molecule has 2 atom stereocenters. The smallest absolute Gasteiger partial charge is 0.333 e. The number of hydrogen-bond acceptors (Lipinski definition) is 3. The minimum Gasteiger partial charge on any atom is -0.466 e. The Morgan fingerprint density at radius 3 is 2.55 bits per heavy atom. The highest BCUT2D eigenvalue weighted by Crippen LogP contribution is 2.44. The molecular formula is C16H19NO2Si. The Hall–Kier alpha value is -1.86. The molecule has 1 aromatic carbocycles. The number of nitrogens with zero attached hydrogens (tertiary/aromatic N) is 1. The third kappa shape index (κ3) is 2.41. The van der Waals surface area contributed by atoms with Gasteiger partial charge in [-0.1, -0.05) is 54.7 Å². The zero-order valence-corrected chi connectivity index (χ0v) is 13.1. The number of esters is 1. The second-order valence-electron chi connectivity index (χ2n) is 5.69. The van der Waals surface area contributed by atoms with Crippen LogP contribution in [0.2, 0.25) is 18.6 Å². The van der Waals surface area contributed by atoms with Gasteiger partial charge < -0.3 is 4.74 Å². The first-order valence-corrected chi connectivity index (χ1v) is 9.83. The normalized spacial score (nSPS) is 22.0. The summed E-state index contributed by atoms with van der Waals surface area (Å²) >= 11 is 0. The molecule has 2 unspecified atom stereocenters. The van der Waals surface area contributed by atoms with Crippen molar-refractivity contribution < 1.29 is 9.53 Å². The van der Waals surface area contributed by atoms with Crippen LogP contribution in [0.5, 0.6) is 0 Å². The number of benzene rings is 1. The van der Waals surface area contributed by atoms with Gasteiger partial charge in [-0.2, -0.15) is 5.26 Å². The summed E-state index contributed by atoms with van der Waals surface area (Å²) in [7, 11) is -0.564. The van der Waals surface area contributed by atoms with E-state index >= 15 is 0 Å². The Kier molecular flexibility index (Phi) is 4.10. The summed E-state index contributed by atoms with van der Waals surface area (Å²) in [6.45, 7) is 4.44. The van der Waals surface area contributed by atoms with E-state index in [-0.39, 0.29) is 17.4 Å². The van der Waals surface area contributed by atoms with Crippen molar-refractivity contribution in [2.45, 2.75) is 25.1 Å². The third-order valence-electron chi connectivity index (χ3n) is 4.21. The van der Waals surface area contributed by atoms with Gasteiger partial charge in [0, 0.05) is 11.1 Å². The van der Waals surface area contributed by atoms with Crippen molar-refractivity contribution >= 4 is 19.2 Å². The SMILES string of the molecule is COC(=O)C1=CCC(C#N)C1[Si](C)(C)c1ccccc1. The van der Waals surface area contributed by atoms with Gasteiger partial charge in [0.05, 0.1) is 27.2 Å². The van der Waals surface area contributed by atoms with Gasteiger partial charge >= 0.3 is 5.97 Å². The quantitative estimate of drug-likeness (QED) is 0.633. The number of carbonyl (C=O) groups is 1. The molecular weight excluding hydrogens is 266 g/mol. The van der Waals surface area contributed by atoms with Gasteiger partial charge in [0.2, 0.25) is 0 Å². The van der Waals surface area contributed by atoms with Crippen LogP contribution in [0, 0.1) is 17.2 Å². The van der Waals surface area contributed by atoms with E-state index in [9.17, 15) is 10.1 Å². The predicted octanol–water partition coefficient (Wildman–Crippen LogP) is 2.62. The molecule has 0 saturated heterocycles. The van der Waals surface area contributed by atoms with Crippen LogP contribution in [0.15, 0.2) is 42.0 Å².